The van der Waals surface area contributed by atoms with E-state index in [-0.39, 0.29) is 11.6 Å². The zero-order valence-corrected chi connectivity index (χ0v) is 23.4. The zero-order chi connectivity index (χ0) is 28.0. The molecule has 2 aliphatic carbocycles. The van der Waals surface area contributed by atoms with Crippen LogP contribution in [0.25, 0.3) is 65.1 Å². The molecule has 2 aromatic heterocycles. The predicted octanol–water partition coefficient (Wildman–Crippen LogP) is 10.9. The van der Waals surface area contributed by atoms with Crippen LogP contribution < -0.4 is 0 Å². The summed E-state index contributed by atoms with van der Waals surface area (Å²) < 4.78 is 29.5. The molecule has 194 valence electrons. The molecule has 0 aliphatic heterocycles. The number of nitrogens with zero attached hydrogens (tertiary/aromatic N) is 1. The summed E-state index contributed by atoms with van der Waals surface area (Å²) >= 11 is 3.52. The van der Waals surface area contributed by atoms with Crippen LogP contribution in [0, 0.1) is 23.0 Å². The van der Waals surface area contributed by atoms with Crippen LogP contribution >= 0.6 is 22.7 Å². The van der Waals surface area contributed by atoms with Crippen molar-refractivity contribution in [3.8, 4) is 50.6 Å². The van der Waals surface area contributed by atoms with Gasteiger partial charge in [-0.2, -0.15) is 5.26 Å². The van der Waals surface area contributed by atoms with Crippen LogP contribution in [0.2, 0.25) is 0 Å². The second kappa shape index (κ2) is 8.68. The summed E-state index contributed by atoms with van der Waals surface area (Å²) in [6, 6.07) is 28.2. The summed E-state index contributed by atoms with van der Waals surface area (Å²) in [6.45, 7) is 6.36. The maximum atomic E-state index is 13.6. The molecule has 0 N–H and O–H groups in total. The van der Waals surface area contributed by atoms with Crippen molar-refractivity contribution in [2.24, 2.45) is 0 Å². The van der Waals surface area contributed by atoms with Crippen molar-refractivity contribution >= 4 is 43.2 Å². The second-order valence-corrected chi connectivity index (χ2v) is 12.4. The van der Waals surface area contributed by atoms with E-state index in [2.05, 4.69) is 49.0 Å². The van der Waals surface area contributed by atoms with Crippen molar-refractivity contribution in [1.82, 2.24) is 0 Å². The monoisotopic (exact) mass is 567 g/mol. The third-order valence-electron chi connectivity index (χ3n) is 8.09. The number of hydrogen-bond donors (Lipinski definition) is 0. The summed E-state index contributed by atoms with van der Waals surface area (Å²) in [4.78, 5) is 2.31. The Balaban J connectivity index is 1.31. The molecule has 0 saturated carbocycles. The fraction of sp³-hybridized carbons (Fsp3) is 0.0278. The van der Waals surface area contributed by atoms with E-state index >= 15 is 0 Å². The molecule has 0 saturated heterocycles. The van der Waals surface area contributed by atoms with Gasteiger partial charge in [-0.25, -0.2) is 8.78 Å². The van der Waals surface area contributed by atoms with Crippen molar-refractivity contribution < 1.29 is 8.78 Å². The molecule has 41 heavy (non-hydrogen) atoms. The summed E-state index contributed by atoms with van der Waals surface area (Å²) in [7, 11) is 0. The van der Waals surface area contributed by atoms with Crippen molar-refractivity contribution in [1.29, 1.82) is 5.26 Å². The van der Waals surface area contributed by atoms with Crippen molar-refractivity contribution in [2.45, 2.75) is 6.92 Å². The van der Waals surface area contributed by atoms with Crippen LogP contribution in [0.4, 0.5) is 8.78 Å². The lowest BCUT2D eigenvalue weighted by Gasteiger charge is -2.09. The number of allylic oxidation sites excluding steroid dienone is 1. The number of thiophene rings is 2. The molecular weight excluding hydrogens is 549 g/mol. The molecule has 4 aromatic carbocycles. The van der Waals surface area contributed by atoms with Gasteiger partial charge in [0.05, 0.1) is 15.5 Å². The maximum Gasteiger partial charge on any atom is 0.123 e. The van der Waals surface area contributed by atoms with E-state index < -0.39 is 0 Å². The fourth-order valence-corrected chi connectivity index (χ4v) is 9.14. The molecule has 5 heteroatoms. The minimum atomic E-state index is -0.263. The number of rotatable bonds is 2. The first-order chi connectivity index (χ1) is 19.9. The van der Waals surface area contributed by atoms with Gasteiger partial charge in [0.25, 0.3) is 0 Å². The Kier molecular flexibility index (Phi) is 5.12. The van der Waals surface area contributed by atoms with E-state index in [9.17, 15) is 14.0 Å². The number of halogens is 2. The molecule has 0 fully saturated rings. The largest absolute Gasteiger partial charge is 0.207 e. The van der Waals surface area contributed by atoms with Gasteiger partial charge in [-0.05, 0) is 93.4 Å². The SMILES string of the molecule is C=C1c2cc(-c3ccc(F)cc3)ccc2-c2c1sc1c3c(sc21)/C(=C(\C)C#N)c1cc(-c2ccc(F)cc2)ccc1-3. The standard InChI is InChI=1S/C36H19F2NS2/c1-18(17-39)30-29-16-23(21-5-11-25(38)12-6-21)8-14-27(29)32-34(30)41-35-31-26-13-7-22(20-3-9-24(37)10-4-20)15-28(26)19(2)33(31)40-36(32)35/h3-16H,2H2,1H3/b30-18+. The average molecular weight is 568 g/mol. The zero-order valence-electron chi connectivity index (χ0n) is 21.8. The van der Waals surface area contributed by atoms with Crippen molar-refractivity contribution in [2.75, 3.05) is 0 Å². The van der Waals surface area contributed by atoms with Crippen LogP contribution in [-0.2, 0) is 0 Å². The Morgan fingerprint density at radius 3 is 1.66 bits per heavy atom. The fourth-order valence-electron chi connectivity index (χ4n) is 6.11. The molecule has 0 amide bonds. The highest BCUT2D eigenvalue weighted by Gasteiger charge is 2.35. The summed E-state index contributed by atoms with van der Waals surface area (Å²) in [6.07, 6.45) is 0. The molecule has 0 atom stereocenters. The van der Waals surface area contributed by atoms with Crippen molar-refractivity contribution in [3.63, 3.8) is 0 Å². The van der Waals surface area contributed by atoms with Gasteiger partial charge in [0.15, 0.2) is 0 Å². The molecule has 2 aliphatic rings. The molecular formula is C36H19F2NS2. The van der Waals surface area contributed by atoms with E-state index in [0.717, 1.165) is 60.5 Å². The van der Waals surface area contributed by atoms with E-state index in [1.54, 1.807) is 46.9 Å². The highest BCUT2D eigenvalue weighted by Crippen LogP contribution is 2.61. The first-order valence-electron chi connectivity index (χ1n) is 13.1. The van der Waals surface area contributed by atoms with Gasteiger partial charge < -0.3 is 0 Å². The van der Waals surface area contributed by atoms with Gasteiger partial charge in [0.2, 0.25) is 0 Å². The molecule has 2 heterocycles. The summed E-state index contributed by atoms with van der Waals surface area (Å²) in [5.41, 5.74) is 13.4. The first kappa shape index (κ1) is 24.2. The molecule has 0 bridgehead atoms. The second-order valence-electron chi connectivity index (χ2n) is 10.4. The smallest absolute Gasteiger partial charge is 0.123 e. The maximum absolute atomic E-state index is 13.6. The lowest BCUT2D eigenvalue weighted by Crippen LogP contribution is -1.87. The third-order valence-corrected chi connectivity index (χ3v) is 10.7. The third kappa shape index (κ3) is 3.42. The molecule has 6 aromatic rings. The molecule has 8 rings (SSSR count). The number of hydrogen-bond acceptors (Lipinski definition) is 3. The number of benzene rings is 4. The van der Waals surface area contributed by atoms with E-state index in [1.807, 2.05) is 6.92 Å². The lowest BCUT2D eigenvalue weighted by molar-refractivity contribution is 0.627. The summed E-state index contributed by atoms with van der Waals surface area (Å²) in [5, 5.41) is 9.97. The van der Waals surface area contributed by atoms with E-state index in [0.29, 0.717) is 5.57 Å². The Bertz CT molecular complexity index is 2190. The van der Waals surface area contributed by atoms with Gasteiger partial charge in [0, 0.05) is 32.0 Å². The lowest BCUT2D eigenvalue weighted by atomic mass is 9.96. The predicted molar refractivity (Wildman–Crippen MR) is 167 cm³/mol. The van der Waals surface area contributed by atoms with Crippen LogP contribution in [0.1, 0.15) is 27.8 Å². The average Bonchev–Trinajstić information content (AvgIpc) is 3.69. The normalized spacial score (nSPS) is 14.0. The quantitative estimate of drug-likeness (QED) is 0.191. The molecule has 0 spiro atoms. The van der Waals surface area contributed by atoms with Crippen LogP contribution in [-0.4, -0.2) is 0 Å². The Hall–Kier alpha value is -4.63. The van der Waals surface area contributed by atoms with Gasteiger partial charge >= 0.3 is 0 Å². The molecule has 1 nitrogen and oxygen atoms in total. The summed E-state index contributed by atoms with van der Waals surface area (Å²) in [5.74, 6) is -0.510. The molecule has 0 radical (unpaired) electrons. The van der Waals surface area contributed by atoms with Crippen molar-refractivity contribution in [3.05, 3.63) is 130 Å². The Morgan fingerprint density at radius 2 is 1.10 bits per heavy atom. The van der Waals surface area contributed by atoms with E-state index in [1.165, 1.54) is 49.7 Å². The highest BCUT2D eigenvalue weighted by molar-refractivity contribution is 7.31. The Morgan fingerprint density at radius 1 is 0.634 bits per heavy atom. The number of nitriles is 1. The topological polar surface area (TPSA) is 23.8 Å². The van der Waals surface area contributed by atoms with Crippen LogP contribution in [0.15, 0.2) is 97.1 Å². The minimum Gasteiger partial charge on any atom is -0.207 e. The first-order valence-corrected chi connectivity index (χ1v) is 14.8. The Labute approximate surface area is 243 Å². The van der Waals surface area contributed by atoms with E-state index in [4.69, 9.17) is 0 Å². The van der Waals surface area contributed by atoms with Crippen LogP contribution in [0.3, 0.4) is 0 Å². The van der Waals surface area contributed by atoms with Gasteiger partial charge in [-0.1, -0.05) is 55.1 Å². The molecule has 0 unspecified atom stereocenters. The van der Waals surface area contributed by atoms with Gasteiger partial charge in [-0.15, -0.1) is 22.7 Å². The minimum absolute atomic E-state index is 0.247. The van der Waals surface area contributed by atoms with Crippen LogP contribution in [0.5, 0.6) is 0 Å². The number of fused-ring (bicyclic) bond motifs is 9. The van der Waals surface area contributed by atoms with Gasteiger partial charge in [-0.3, -0.25) is 0 Å². The highest BCUT2D eigenvalue weighted by atomic mass is 32.1. The van der Waals surface area contributed by atoms with Gasteiger partial charge in [0.1, 0.15) is 11.6 Å².